The molecule has 0 saturated heterocycles. The maximum absolute atomic E-state index is 13.5. The van der Waals surface area contributed by atoms with E-state index in [-0.39, 0.29) is 17.2 Å². The van der Waals surface area contributed by atoms with Gasteiger partial charge in [0, 0.05) is 34.4 Å². The summed E-state index contributed by atoms with van der Waals surface area (Å²) in [4.78, 5) is 4.04. The van der Waals surface area contributed by atoms with E-state index < -0.39 is 23.5 Å². The summed E-state index contributed by atoms with van der Waals surface area (Å²) in [5, 5.41) is 11.1. The molecule has 0 bridgehead atoms. The van der Waals surface area contributed by atoms with Gasteiger partial charge in [0.2, 0.25) is 0 Å². The number of fused-ring (bicyclic) bond motifs is 3. The summed E-state index contributed by atoms with van der Waals surface area (Å²) in [6.45, 7) is 0. The van der Waals surface area contributed by atoms with Crippen molar-refractivity contribution in [1.29, 1.82) is 5.26 Å². The van der Waals surface area contributed by atoms with E-state index in [0.717, 1.165) is 34.3 Å². The number of rotatable bonds is 3. The first-order valence-corrected chi connectivity index (χ1v) is 12.3. The van der Waals surface area contributed by atoms with Gasteiger partial charge in [-0.3, -0.25) is 4.98 Å². The SMILES string of the molecule is N#Cc1ccc(-n2c3ccccc3c3cc(-c4cc(C(F)(F)F)cc(C(F)(F)F)c4)ccc32)cc1-c1ccncc1. The van der Waals surface area contributed by atoms with Crippen LogP contribution in [0.25, 0.3) is 49.7 Å². The number of para-hydroxylation sites is 1. The number of aromatic nitrogens is 2. The molecule has 0 N–H and O–H groups in total. The van der Waals surface area contributed by atoms with Crippen molar-refractivity contribution in [2.75, 3.05) is 0 Å². The Morgan fingerprint density at radius 1 is 0.610 bits per heavy atom. The van der Waals surface area contributed by atoms with Crippen molar-refractivity contribution in [3.63, 3.8) is 0 Å². The van der Waals surface area contributed by atoms with E-state index in [1.807, 2.05) is 34.9 Å². The molecular formula is C32H17F6N3. The Morgan fingerprint density at radius 2 is 1.27 bits per heavy atom. The molecule has 9 heteroatoms. The van der Waals surface area contributed by atoms with Crippen LogP contribution in [0.15, 0.2) is 103 Å². The lowest BCUT2D eigenvalue weighted by Gasteiger charge is -2.15. The molecule has 202 valence electrons. The number of nitriles is 1. The Hall–Kier alpha value is -5.10. The van der Waals surface area contributed by atoms with E-state index in [0.29, 0.717) is 22.0 Å². The molecule has 6 aromatic rings. The molecule has 0 unspecified atom stereocenters. The van der Waals surface area contributed by atoms with Gasteiger partial charge in [-0.15, -0.1) is 0 Å². The van der Waals surface area contributed by atoms with E-state index in [1.54, 1.807) is 48.8 Å². The van der Waals surface area contributed by atoms with Crippen LogP contribution < -0.4 is 0 Å². The summed E-state index contributed by atoms with van der Waals surface area (Å²) in [7, 11) is 0. The molecule has 4 aromatic carbocycles. The number of pyridine rings is 1. The lowest BCUT2D eigenvalue weighted by atomic mass is 9.97. The molecule has 0 aliphatic heterocycles. The van der Waals surface area contributed by atoms with Crippen molar-refractivity contribution in [3.8, 4) is 34.0 Å². The number of alkyl halides is 6. The van der Waals surface area contributed by atoms with Crippen molar-refractivity contribution in [1.82, 2.24) is 9.55 Å². The predicted octanol–water partition coefficient (Wildman–Crippen LogP) is 9.42. The van der Waals surface area contributed by atoms with Gasteiger partial charge in [0.1, 0.15) is 0 Å². The molecule has 6 rings (SSSR count). The monoisotopic (exact) mass is 557 g/mol. The van der Waals surface area contributed by atoms with Crippen molar-refractivity contribution >= 4 is 21.8 Å². The Kier molecular flexibility index (Phi) is 6.07. The molecule has 0 aliphatic rings. The highest BCUT2D eigenvalue weighted by Crippen LogP contribution is 2.41. The molecule has 0 amide bonds. The number of hydrogen-bond donors (Lipinski definition) is 0. The highest BCUT2D eigenvalue weighted by Gasteiger charge is 2.37. The second-order valence-corrected chi connectivity index (χ2v) is 9.46. The van der Waals surface area contributed by atoms with Crippen LogP contribution in [-0.4, -0.2) is 9.55 Å². The van der Waals surface area contributed by atoms with Gasteiger partial charge in [-0.05, 0) is 83.4 Å². The first-order chi connectivity index (χ1) is 19.5. The summed E-state index contributed by atoms with van der Waals surface area (Å²) >= 11 is 0. The van der Waals surface area contributed by atoms with Crippen molar-refractivity contribution < 1.29 is 26.3 Å². The van der Waals surface area contributed by atoms with Crippen LogP contribution in [0.1, 0.15) is 16.7 Å². The molecule has 0 radical (unpaired) electrons. The van der Waals surface area contributed by atoms with Gasteiger partial charge in [-0.2, -0.15) is 31.6 Å². The fourth-order valence-corrected chi connectivity index (χ4v) is 5.09. The van der Waals surface area contributed by atoms with E-state index in [2.05, 4.69) is 11.1 Å². The standard InChI is InChI=1S/C32H17F6N3/c33-31(34,35)23-13-22(14-24(16-23)32(36,37)38)20-6-8-30-28(15-20)26-3-1-2-4-29(26)41(30)25-7-5-21(18-39)27(17-25)19-9-11-40-12-10-19/h1-17H. The van der Waals surface area contributed by atoms with Crippen molar-refractivity contribution in [3.05, 3.63) is 120 Å². The normalized spacial score (nSPS) is 12.1. The van der Waals surface area contributed by atoms with Gasteiger partial charge in [0.15, 0.2) is 0 Å². The first-order valence-electron chi connectivity index (χ1n) is 12.3. The Bertz CT molecular complexity index is 1950. The minimum atomic E-state index is -4.95. The molecule has 2 aromatic heterocycles. The summed E-state index contributed by atoms with van der Waals surface area (Å²) in [6, 6.07) is 24.9. The van der Waals surface area contributed by atoms with Crippen LogP contribution in [0.2, 0.25) is 0 Å². The zero-order valence-electron chi connectivity index (χ0n) is 20.9. The fourth-order valence-electron chi connectivity index (χ4n) is 5.09. The van der Waals surface area contributed by atoms with E-state index in [4.69, 9.17) is 0 Å². The predicted molar refractivity (Wildman–Crippen MR) is 144 cm³/mol. The number of benzene rings is 4. The lowest BCUT2D eigenvalue weighted by molar-refractivity contribution is -0.143. The molecule has 3 nitrogen and oxygen atoms in total. The summed E-state index contributed by atoms with van der Waals surface area (Å²) in [5.41, 5.74) is 1.45. The van der Waals surface area contributed by atoms with Crippen LogP contribution in [0, 0.1) is 11.3 Å². The van der Waals surface area contributed by atoms with Crippen LogP contribution in [-0.2, 0) is 12.4 Å². The molecule has 0 aliphatic carbocycles. The summed E-state index contributed by atoms with van der Waals surface area (Å²) in [6.07, 6.45) is -6.64. The lowest BCUT2D eigenvalue weighted by Crippen LogP contribution is -2.11. The van der Waals surface area contributed by atoms with E-state index in [9.17, 15) is 31.6 Å². The third-order valence-corrected chi connectivity index (χ3v) is 6.97. The quantitative estimate of drug-likeness (QED) is 0.204. The number of nitrogens with zero attached hydrogens (tertiary/aromatic N) is 3. The Balaban J connectivity index is 1.58. The van der Waals surface area contributed by atoms with Gasteiger partial charge in [-0.1, -0.05) is 24.3 Å². The Morgan fingerprint density at radius 3 is 1.93 bits per heavy atom. The van der Waals surface area contributed by atoms with Crippen molar-refractivity contribution in [2.24, 2.45) is 0 Å². The molecule has 0 spiro atoms. The minimum absolute atomic E-state index is 0.124. The van der Waals surface area contributed by atoms with Crippen molar-refractivity contribution in [2.45, 2.75) is 12.4 Å². The zero-order chi connectivity index (χ0) is 28.9. The third-order valence-electron chi connectivity index (χ3n) is 6.97. The van der Waals surface area contributed by atoms with Crippen LogP contribution in [0.5, 0.6) is 0 Å². The highest BCUT2D eigenvalue weighted by molar-refractivity contribution is 6.10. The summed E-state index contributed by atoms with van der Waals surface area (Å²) in [5.74, 6) is 0. The smallest absolute Gasteiger partial charge is 0.309 e. The molecule has 0 fully saturated rings. The fraction of sp³-hybridized carbons (Fsp3) is 0.0625. The minimum Gasteiger partial charge on any atom is -0.309 e. The van der Waals surface area contributed by atoms with Gasteiger partial charge >= 0.3 is 12.4 Å². The van der Waals surface area contributed by atoms with Crippen LogP contribution in [0.3, 0.4) is 0 Å². The molecule has 41 heavy (non-hydrogen) atoms. The zero-order valence-corrected chi connectivity index (χ0v) is 20.9. The molecule has 0 atom stereocenters. The van der Waals surface area contributed by atoms with E-state index >= 15 is 0 Å². The largest absolute Gasteiger partial charge is 0.416 e. The number of hydrogen-bond acceptors (Lipinski definition) is 2. The molecule has 2 heterocycles. The second kappa shape index (κ2) is 9.52. The summed E-state index contributed by atoms with van der Waals surface area (Å²) < 4.78 is 83.1. The average molecular weight is 557 g/mol. The molecular weight excluding hydrogens is 540 g/mol. The number of halogens is 6. The van der Waals surface area contributed by atoms with E-state index in [1.165, 1.54) is 6.07 Å². The highest BCUT2D eigenvalue weighted by atomic mass is 19.4. The van der Waals surface area contributed by atoms with Crippen LogP contribution in [0.4, 0.5) is 26.3 Å². The first kappa shape index (κ1) is 26.1. The van der Waals surface area contributed by atoms with Gasteiger partial charge in [0.25, 0.3) is 0 Å². The van der Waals surface area contributed by atoms with Crippen LogP contribution >= 0.6 is 0 Å². The van der Waals surface area contributed by atoms with Gasteiger partial charge in [-0.25, -0.2) is 0 Å². The third kappa shape index (κ3) is 4.67. The Labute approximate surface area is 229 Å². The van der Waals surface area contributed by atoms with Gasteiger partial charge in [0.05, 0.1) is 33.8 Å². The molecule has 0 saturated carbocycles. The maximum Gasteiger partial charge on any atom is 0.416 e. The topological polar surface area (TPSA) is 41.6 Å². The average Bonchev–Trinajstić information content (AvgIpc) is 3.30. The van der Waals surface area contributed by atoms with Gasteiger partial charge < -0.3 is 4.57 Å². The maximum atomic E-state index is 13.5. The second-order valence-electron chi connectivity index (χ2n) is 9.46.